The second-order valence-corrected chi connectivity index (χ2v) is 5.82. The molecule has 0 aliphatic rings. The first-order chi connectivity index (χ1) is 10.7. The Kier molecular flexibility index (Phi) is 6.30. The monoisotopic (exact) mass is 341 g/mol. The maximum Gasteiger partial charge on any atom is 0.187 e. The Hall–Kier alpha value is -1.50. The molecule has 0 atom stereocenters. The Bertz CT molecular complexity index is 619. The Balaban J connectivity index is 2.12. The van der Waals surface area contributed by atoms with Crippen molar-refractivity contribution in [2.24, 2.45) is 0 Å². The fourth-order valence-corrected chi connectivity index (χ4v) is 2.93. The van der Waals surface area contributed by atoms with Crippen molar-refractivity contribution in [3.8, 4) is 11.5 Å². The van der Waals surface area contributed by atoms with E-state index in [0.29, 0.717) is 16.5 Å². The van der Waals surface area contributed by atoms with E-state index in [9.17, 15) is 0 Å². The predicted molar refractivity (Wildman–Crippen MR) is 92.2 cm³/mol. The van der Waals surface area contributed by atoms with E-state index in [0.717, 1.165) is 36.0 Å². The van der Waals surface area contributed by atoms with Crippen molar-refractivity contribution in [3.63, 3.8) is 0 Å². The van der Waals surface area contributed by atoms with Gasteiger partial charge in [-0.1, -0.05) is 18.5 Å². The molecule has 0 saturated carbocycles. The predicted octanol–water partition coefficient (Wildman–Crippen LogP) is 3.71. The Morgan fingerprint density at radius 3 is 2.68 bits per heavy atom. The number of benzene rings is 1. The molecule has 2 aromatic rings. The maximum absolute atomic E-state index is 6.11. The van der Waals surface area contributed by atoms with Crippen LogP contribution >= 0.6 is 22.9 Å². The fourth-order valence-electron chi connectivity index (χ4n) is 1.95. The molecule has 120 valence electrons. The molecule has 0 spiro atoms. The molecule has 22 heavy (non-hydrogen) atoms. The van der Waals surface area contributed by atoms with Crippen molar-refractivity contribution in [2.45, 2.75) is 13.3 Å². The molecule has 0 saturated heterocycles. The van der Waals surface area contributed by atoms with Crippen LogP contribution in [0, 0.1) is 0 Å². The average molecular weight is 342 g/mol. The van der Waals surface area contributed by atoms with Crippen LogP contribution in [-0.2, 0) is 6.42 Å². The van der Waals surface area contributed by atoms with Crippen LogP contribution in [0.5, 0.6) is 11.5 Å². The van der Waals surface area contributed by atoms with Crippen molar-refractivity contribution in [1.82, 2.24) is 10.3 Å². The van der Waals surface area contributed by atoms with Crippen molar-refractivity contribution in [3.05, 3.63) is 28.2 Å². The zero-order chi connectivity index (χ0) is 15.9. The number of nitrogens with one attached hydrogen (secondary N) is 2. The summed E-state index contributed by atoms with van der Waals surface area (Å²) >= 11 is 7.67. The van der Waals surface area contributed by atoms with Gasteiger partial charge in [0.05, 0.1) is 30.6 Å². The van der Waals surface area contributed by atoms with Gasteiger partial charge in [0, 0.05) is 30.5 Å². The Morgan fingerprint density at radius 2 is 2.00 bits per heavy atom. The van der Waals surface area contributed by atoms with E-state index in [4.69, 9.17) is 21.1 Å². The maximum atomic E-state index is 6.11. The molecule has 0 aliphatic carbocycles. The van der Waals surface area contributed by atoms with Crippen molar-refractivity contribution >= 4 is 33.8 Å². The number of methoxy groups -OCH3 is 2. The minimum Gasteiger partial charge on any atom is -0.495 e. The van der Waals surface area contributed by atoms with Crippen LogP contribution in [0.25, 0.3) is 0 Å². The smallest absolute Gasteiger partial charge is 0.187 e. The standard InChI is InChI=1S/C15H20ClN3O2S/c1-4-17-6-5-10-9-22-15(18-10)19-12-8-13(20-2)11(16)7-14(12)21-3/h7-9,17H,4-6H2,1-3H3,(H,18,19). The first-order valence-electron chi connectivity index (χ1n) is 7.01. The van der Waals surface area contributed by atoms with Gasteiger partial charge in [-0.2, -0.15) is 0 Å². The lowest BCUT2D eigenvalue weighted by Crippen LogP contribution is -2.16. The quantitative estimate of drug-likeness (QED) is 0.717. The number of thiazole rings is 1. The number of hydrogen-bond acceptors (Lipinski definition) is 6. The highest BCUT2D eigenvalue weighted by atomic mass is 35.5. The zero-order valence-corrected chi connectivity index (χ0v) is 14.5. The van der Waals surface area contributed by atoms with E-state index in [2.05, 4.69) is 27.9 Å². The molecule has 0 aliphatic heterocycles. The van der Waals surface area contributed by atoms with E-state index in [1.54, 1.807) is 37.7 Å². The largest absolute Gasteiger partial charge is 0.495 e. The van der Waals surface area contributed by atoms with E-state index in [-0.39, 0.29) is 0 Å². The Labute approximate surface area is 139 Å². The minimum atomic E-state index is 0.510. The van der Waals surface area contributed by atoms with Gasteiger partial charge in [-0.3, -0.25) is 0 Å². The topological polar surface area (TPSA) is 55.4 Å². The number of rotatable bonds is 8. The summed E-state index contributed by atoms with van der Waals surface area (Å²) in [6, 6.07) is 3.53. The summed E-state index contributed by atoms with van der Waals surface area (Å²) < 4.78 is 10.6. The highest BCUT2D eigenvalue weighted by Gasteiger charge is 2.11. The van der Waals surface area contributed by atoms with Gasteiger partial charge in [-0.25, -0.2) is 4.98 Å². The second kappa shape index (κ2) is 8.22. The third kappa shape index (κ3) is 4.25. The van der Waals surface area contributed by atoms with Crippen molar-refractivity contribution in [2.75, 3.05) is 32.6 Å². The van der Waals surface area contributed by atoms with E-state index >= 15 is 0 Å². The Morgan fingerprint density at radius 1 is 1.23 bits per heavy atom. The van der Waals surface area contributed by atoms with Crippen LogP contribution in [0.15, 0.2) is 17.5 Å². The summed E-state index contributed by atoms with van der Waals surface area (Å²) in [4.78, 5) is 4.57. The number of nitrogens with zero attached hydrogens (tertiary/aromatic N) is 1. The van der Waals surface area contributed by atoms with Gasteiger partial charge in [0.2, 0.25) is 0 Å². The number of hydrogen-bond donors (Lipinski definition) is 2. The summed E-state index contributed by atoms with van der Waals surface area (Å²) in [6.45, 7) is 3.99. The van der Waals surface area contributed by atoms with Gasteiger partial charge >= 0.3 is 0 Å². The summed E-state index contributed by atoms with van der Waals surface area (Å²) in [5.41, 5.74) is 1.84. The molecule has 2 N–H and O–H groups in total. The van der Waals surface area contributed by atoms with E-state index in [1.807, 2.05) is 0 Å². The van der Waals surface area contributed by atoms with Crippen LogP contribution in [-0.4, -0.2) is 32.3 Å². The van der Waals surface area contributed by atoms with Gasteiger partial charge in [0.15, 0.2) is 5.13 Å². The first kappa shape index (κ1) is 16.9. The number of ether oxygens (including phenoxy) is 2. The van der Waals surface area contributed by atoms with Crippen LogP contribution < -0.4 is 20.1 Å². The molecular weight excluding hydrogens is 322 g/mol. The molecule has 7 heteroatoms. The number of aromatic nitrogens is 1. The van der Waals surface area contributed by atoms with Crippen LogP contribution in [0.1, 0.15) is 12.6 Å². The zero-order valence-electron chi connectivity index (χ0n) is 12.9. The molecule has 0 bridgehead atoms. The molecule has 1 aromatic heterocycles. The fraction of sp³-hybridized carbons (Fsp3) is 0.400. The molecule has 0 radical (unpaired) electrons. The number of anilines is 2. The molecule has 0 amide bonds. The summed E-state index contributed by atoms with van der Waals surface area (Å²) in [5, 5.41) is 9.93. The minimum absolute atomic E-state index is 0.510. The normalized spacial score (nSPS) is 10.5. The second-order valence-electron chi connectivity index (χ2n) is 4.56. The summed E-state index contributed by atoms with van der Waals surface area (Å²) in [5.74, 6) is 1.24. The molecule has 0 unspecified atom stereocenters. The number of halogens is 1. The molecule has 1 aromatic carbocycles. The number of likely N-dealkylation sites (N-methyl/N-ethyl adjacent to an activating group) is 1. The highest BCUT2D eigenvalue weighted by Crippen LogP contribution is 2.37. The van der Waals surface area contributed by atoms with E-state index in [1.165, 1.54) is 0 Å². The van der Waals surface area contributed by atoms with Gasteiger partial charge in [-0.05, 0) is 6.54 Å². The molecule has 0 fully saturated rings. The van der Waals surface area contributed by atoms with Crippen LogP contribution in [0.4, 0.5) is 10.8 Å². The van der Waals surface area contributed by atoms with Gasteiger partial charge in [-0.15, -0.1) is 11.3 Å². The van der Waals surface area contributed by atoms with Crippen LogP contribution in [0.2, 0.25) is 5.02 Å². The molecule has 1 heterocycles. The lowest BCUT2D eigenvalue weighted by Gasteiger charge is -2.12. The van der Waals surface area contributed by atoms with Gasteiger partial charge in [0.1, 0.15) is 11.5 Å². The van der Waals surface area contributed by atoms with E-state index < -0.39 is 0 Å². The van der Waals surface area contributed by atoms with Crippen molar-refractivity contribution < 1.29 is 9.47 Å². The average Bonchev–Trinajstić information content (AvgIpc) is 2.96. The van der Waals surface area contributed by atoms with Gasteiger partial charge in [0.25, 0.3) is 0 Å². The highest BCUT2D eigenvalue weighted by molar-refractivity contribution is 7.13. The molecule has 2 rings (SSSR count). The van der Waals surface area contributed by atoms with Gasteiger partial charge < -0.3 is 20.1 Å². The lowest BCUT2D eigenvalue weighted by atomic mass is 10.2. The molecular formula is C15H20ClN3O2S. The first-order valence-corrected chi connectivity index (χ1v) is 8.27. The third-order valence-corrected chi connectivity index (χ3v) is 4.18. The summed E-state index contributed by atoms with van der Waals surface area (Å²) in [6.07, 6.45) is 0.910. The van der Waals surface area contributed by atoms with Crippen molar-refractivity contribution in [1.29, 1.82) is 0 Å². The summed E-state index contributed by atoms with van der Waals surface area (Å²) in [7, 11) is 3.19. The lowest BCUT2D eigenvalue weighted by molar-refractivity contribution is 0.405. The third-order valence-electron chi connectivity index (χ3n) is 3.08. The van der Waals surface area contributed by atoms with Crippen LogP contribution in [0.3, 0.4) is 0 Å². The SMILES string of the molecule is CCNCCc1csc(Nc2cc(OC)c(Cl)cc2OC)n1. The molecule has 5 nitrogen and oxygen atoms in total.